The SMILES string of the molecule is [2H]C([2H])([2H])C([2H])([2H])C([2H])([2H])C([2H])([2H])C([2H])([2H])C([2H])([2H])C([2H])([2H])C([2H])([2H])C([2H])([2H])C([2H])([2H])C([2H])([2H])C([2H])([2H])C([2H])([2H])C([2H])([2H])C([2H])([2H])C([2H])([2H])C([2H])([2H])C(=O)O.[Na]. The molecule has 3 heteroatoms. The van der Waals surface area contributed by atoms with E-state index in [1.165, 1.54) is 0 Å². The van der Waals surface area contributed by atoms with Gasteiger partial charge in [0.1, 0.15) is 0 Å². The van der Waals surface area contributed by atoms with E-state index >= 15 is 0 Å². The van der Waals surface area contributed by atoms with Crippen LogP contribution >= 0.6 is 0 Å². The number of hydrogen-bond donors (Lipinski definition) is 1. The van der Waals surface area contributed by atoms with Crippen LogP contribution in [0.1, 0.15) is 157 Å². The van der Waals surface area contributed by atoms with Crippen LogP contribution in [0.2, 0.25) is 0 Å². The smallest absolute Gasteiger partial charge is 0.303 e. The van der Waals surface area contributed by atoms with Crippen LogP contribution in [0.4, 0.5) is 0 Å². The van der Waals surface area contributed by atoms with Gasteiger partial charge in [-0.25, -0.2) is 0 Å². The van der Waals surface area contributed by atoms with Crippen molar-refractivity contribution in [2.75, 3.05) is 0 Å². The molecule has 0 amide bonds. The Hall–Kier alpha value is 0.470. The van der Waals surface area contributed by atoms with Gasteiger partial charge in [-0.2, -0.15) is 0 Å². The summed E-state index contributed by atoms with van der Waals surface area (Å²) in [7, 11) is 0. The monoisotopic (exact) mass is 342 g/mol. The molecule has 0 aliphatic carbocycles. The summed E-state index contributed by atoms with van der Waals surface area (Å²) in [6.45, 7) is -4.15. The predicted octanol–water partition coefficient (Wildman–Crippen LogP) is 5.95. The normalized spacial score (nSPS) is 46.6. The van der Waals surface area contributed by atoms with E-state index in [4.69, 9.17) is 53.1 Å². The first kappa shape index (κ1) is 3.03. The summed E-state index contributed by atoms with van der Waals surface area (Å²) in [5, 5.41) is 9.08. The Labute approximate surface area is 203 Å². The molecule has 0 aromatic rings. The molecule has 0 rings (SSSR count). The van der Waals surface area contributed by atoms with Gasteiger partial charge in [-0.3, -0.25) is 4.79 Å². The van der Waals surface area contributed by atoms with Crippen LogP contribution in [-0.4, -0.2) is 40.6 Å². The van der Waals surface area contributed by atoms with Gasteiger partial charge in [0.25, 0.3) is 0 Å². The van der Waals surface area contributed by atoms with Gasteiger partial charge in [-0.1, -0.05) is 96.1 Å². The first-order valence-electron chi connectivity index (χ1n) is 22.2. The zero-order chi connectivity index (χ0) is 46.1. The fourth-order valence-electron chi connectivity index (χ4n) is 0.491. The molecule has 0 heterocycles. The van der Waals surface area contributed by atoms with E-state index in [-0.39, 0.29) is 29.6 Å². The first-order chi connectivity index (χ1) is 22.9. The van der Waals surface area contributed by atoms with Gasteiger partial charge in [0.15, 0.2) is 0 Å². The Morgan fingerprint density at radius 2 is 1.10 bits per heavy atom. The van der Waals surface area contributed by atoms with Crippen LogP contribution < -0.4 is 0 Å². The Morgan fingerprint density at radius 1 is 0.762 bits per heavy atom. The maximum Gasteiger partial charge on any atom is 0.303 e. The van der Waals surface area contributed by atoms with Crippen molar-refractivity contribution in [3.8, 4) is 0 Å². The Balaban J connectivity index is 0. The molecule has 0 saturated carbocycles. The molecule has 1 radical (unpaired) electrons. The number of hydrogen-bond acceptors (Lipinski definition) is 1. The Kier molecular flexibility index (Phi) is 2.96. The van der Waals surface area contributed by atoms with E-state index in [1.54, 1.807) is 0 Å². The molecule has 0 unspecified atom stereocenters. The van der Waals surface area contributed by atoms with Crippen LogP contribution in [0, 0.1) is 0 Å². The average molecular weight is 343 g/mol. The topological polar surface area (TPSA) is 37.3 Å². The zero-order valence-corrected chi connectivity index (χ0v) is 12.9. The van der Waals surface area contributed by atoms with Crippen molar-refractivity contribution in [3.05, 3.63) is 0 Å². The van der Waals surface area contributed by atoms with E-state index < -0.39 is 115 Å². The number of aliphatic carboxylic acids is 1. The van der Waals surface area contributed by atoms with Crippen LogP contribution in [0.5, 0.6) is 0 Å². The number of rotatable bonds is 16. The summed E-state index contributed by atoms with van der Waals surface area (Å²) < 4.78 is 277. The van der Waals surface area contributed by atoms with Gasteiger partial charge >= 0.3 is 5.97 Å². The molecule has 21 heavy (non-hydrogen) atoms. The van der Waals surface area contributed by atoms with Crippen molar-refractivity contribution in [1.82, 2.24) is 0 Å². The van der Waals surface area contributed by atoms with E-state index in [0.717, 1.165) is 0 Å². The number of carboxylic acids is 1. The van der Waals surface area contributed by atoms with E-state index in [1.807, 2.05) is 0 Å². The van der Waals surface area contributed by atoms with Crippen LogP contribution in [0.3, 0.4) is 0 Å². The largest absolute Gasteiger partial charge is 0.481 e. The summed E-state index contributed by atoms with van der Waals surface area (Å²) >= 11 is 0. The summed E-state index contributed by atoms with van der Waals surface area (Å²) in [4.78, 5) is 11.4. The van der Waals surface area contributed by atoms with Crippen LogP contribution in [-0.2, 0) is 4.79 Å². The molecule has 0 aromatic heterocycles. The third-order valence-electron chi connectivity index (χ3n) is 1.04. The number of carboxylic acid groups (broad SMARTS) is 1. The first-order valence-corrected chi connectivity index (χ1v) is 4.68. The molecular weight excluding hydrogens is 271 g/mol. The van der Waals surface area contributed by atoms with Gasteiger partial charge in [-0.05, 0) is 6.37 Å². The van der Waals surface area contributed by atoms with E-state index in [2.05, 4.69) is 0 Å². The second-order valence-corrected chi connectivity index (χ2v) is 2.31. The molecule has 121 valence electrons. The van der Waals surface area contributed by atoms with Crippen LogP contribution in [0.15, 0.2) is 0 Å². The fourth-order valence-corrected chi connectivity index (χ4v) is 0.491. The second kappa shape index (κ2) is 20.5. The summed E-state index contributed by atoms with van der Waals surface area (Å²) in [6, 6.07) is 0. The molecule has 0 bridgehead atoms. The minimum Gasteiger partial charge on any atom is -0.481 e. The Morgan fingerprint density at radius 3 is 1.43 bits per heavy atom. The quantitative estimate of drug-likeness (QED) is 0.352. The minimum atomic E-state index is -5.25. The third kappa shape index (κ3) is 22.9. The van der Waals surface area contributed by atoms with Crippen molar-refractivity contribution >= 4 is 35.5 Å². The molecular formula is C18H36NaO2. The van der Waals surface area contributed by atoms with Crippen molar-refractivity contribution in [3.63, 3.8) is 0 Å². The molecule has 1 N–H and O–H groups in total. The standard InChI is InChI=1S/C18H36O2.Na/c1-2-3-4-5-6-7-8-9-10-11-12-13-14-15-16-17-18(19)20;/h2-17H2,1H3,(H,19,20);/i1D3,2D2,3D2,4D2,5D2,6D2,7D2,8D2,9D2,10D2,11D2,12D2,13D2,14D2,15D2,16D2,17D2;. The molecule has 0 fully saturated rings. The van der Waals surface area contributed by atoms with Gasteiger partial charge in [0.05, 0.1) is 0 Å². The maximum atomic E-state index is 11.4. The van der Waals surface area contributed by atoms with Gasteiger partial charge in [0.2, 0.25) is 0 Å². The molecule has 2 nitrogen and oxygen atoms in total. The molecule has 0 saturated heterocycles. The predicted molar refractivity (Wildman–Crippen MR) is 92.9 cm³/mol. The minimum absolute atomic E-state index is 0. The third-order valence-corrected chi connectivity index (χ3v) is 1.04. The average Bonchev–Trinajstić information content (AvgIpc) is 2.94. The van der Waals surface area contributed by atoms with Crippen molar-refractivity contribution < 1.29 is 57.9 Å². The van der Waals surface area contributed by atoms with Crippen LogP contribution in [0.25, 0.3) is 0 Å². The maximum absolute atomic E-state index is 11.4. The molecule has 0 aliphatic heterocycles. The molecule has 0 aromatic carbocycles. The Bertz CT molecular complexity index is 1450. The van der Waals surface area contributed by atoms with E-state index in [0.29, 0.717) is 0 Å². The van der Waals surface area contributed by atoms with Crippen molar-refractivity contribution in [2.24, 2.45) is 0 Å². The summed E-state index contributed by atoms with van der Waals surface area (Å²) in [5.74, 6) is -2.80. The van der Waals surface area contributed by atoms with Crippen molar-refractivity contribution in [2.45, 2.75) is 109 Å². The molecule has 0 atom stereocenters. The number of carbonyl (C=O) groups is 1. The van der Waals surface area contributed by atoms with Crippen molar-refractivity contribution in [1.29, 1.82) is 0 Å². The van der Waals surface area contributed by atoms with E-state index in [9.17, 15) is 4.79 Å². The molecule has 0 aliphatic rings. The fraction of sp³-hybridized carbons (Fsp3) is 0.944. The summed E-state index contributed by atoms with van der Waals surface area (Å²) in [5.41, 5.74) is 0. The van der Waals surface area contributed by atoms with Gasteiger partial charge < -0.3 is 5.11 Å². The van der Waals surface area contributed by atoms with Gasteiger partial charge in [-0.15, -0.1) is 0 Å². The second-order valence-electron chi connectivity index (χ2n) is 2.31. The van der Waals surface area contributed by atoms with Gasteiger partial charge in [0, 0.05) is 83.9 Å². The molecule has 0 spiro atoms. The zero-order valence-electron chi connectivity index (χ0n) is 45.9. The summed E-state index contributed by atoms with van der Waals surface area (Å²) in [6.07, 6.45) is -79.8.